The summed E-state index contributed by atoms with van der Waals surface area (Å²) < 4.78 is 10.8. The molecule has 0 aliphatic heterocycles. The van der Waals surface area contributed by atoms with Crippen molar-refractivity contribution in [2.24, 2.45) is 11.0 Å². The minimum Gasteiger partial charge on any atom is -0.497 e. The lowest BCUT2D eigenvalue weighted by atomic mass is 10.2. The second-order valence-electron chi connectivity index (χ2n) is 5.71. The molecule has 24 heavy (non-hydrogen) atoms. The fourth-order valence-electron chi connectivity index (χ4n) is 1.94. The molecule has 0 spiro atoms. The largest absolute Gasteiger partial charge is 0.497 e. The predicted molar refractivity (Wildman–Crippen MR) is 94.8 cm³/mol. The molecule has 1 N–H and O–H groups in total. The molecule has 0 heterocycles. The van der Waals surface area contributed by atoms with E-state index in [1.54, 1.807) is 37.6 Å². The number of nitrogens with one attached hydrogen (secondary N) is 1. The Labute approximate surface area is 142 Å². The molecule has 2 aromatic rings. The van der Waals surface area contributed by atoms with Gasteiger partial charge in [0.25, 0.3) is 5.91 Å². The third kappa shape index (κ3) is 5.43. The van der Waals surface area contributed by atoms with Gasteiger partial charge in [-0.1, -0.05) is 32.0 Å². The molecule has 0 aliphatic carbocycles. The van der Waals surface area contributed by atoms with E-state index in [9.17, 15) is 4.79 Å². The number of carbonyl (C=O) groups excluding carboxylic acids is 1. The molecule has 5 nitrogen and oxygen atoms in total. The van der Waals surface area contributed by atoms with E-state index < -0.39 is 0 Å². The minimum atomic E-state index is -0.294. The lowest BCUT2D eigenvalue weighted by Crippen LogP contribution is -2.17. The van der Waals surface area contributed by atoms with Gasteiger partial charge >= 0.3 is 0 Å². The fraction of sp³-hybridized carbons (Fsp3) is 0.263. The quantitative estimate of drug-likeness (QED) is 0.626. The van der Waals surface area contributed by atoms with Crippen LogP contribution in [-0.4, -0.2) is 25.8 Å². The van der Waals surface area contributed by atoms with Gasteiger partial charge in [-0.3, -0.25) is 4.79 Å². The van der Waals surface area contributed by atoms with Crippen molar-refractivity contribution < 1.29 is 14.3 Å². The van der Waals surface area contributed by atoms with E-state index in [0.29, 0.717) is 23.8 Å². The van der Waals surface area contributed by atoms with E-state index in [1.807, 2.05) is 24.3 Å². The third-order valence-corrected chi connectivity index (χ3v) is 3.15. The second-order valence-corrected chi connectivity index (χ2v) is 5.71. The molecule has 0 aromatic heterocycles. The standard InChI is InChI=1S/C19H22N2O3/c1-14(2)13-24-18-9-4-6-15(10-18)12-20-21-19(22)16-7-5-8-17(11-16)23-3/h4-12,14H,13H2,1-3H3,(H,21,22)/b20-12+. The van der Waals surface area contributed by atoms with Gasteiger partial charge in [0, 0.05) is 5.56 Å². The van der Waals surface area contributed by atoms with E-state index in [-0.39, 0.29) is 5.91 Å². The molecule has 2 aromatic carbocycles. The summed E-state index contributed by atoms with van der Waals surface area (Å²) in [5.74, 6) is 1.58. The minimum absolute atomic E-state index is 0.294. The summed E-state index contributed by atoms with van der Waals surface area (Å²) in [6, 6.07) is 14.5. The monoisotopic (exact) mass is 326 g/mol. The third-order valence-electron chi connectivity index (χ3n) is 3.15. The first-order chi connectivity index (χ1) is 11.6. The second kappa shape index (κ2) is 8.72. The summed E-state index contributed by atoms with van der Waals surface area (Å²) in [4.78, 5) is 12.0. The van der Waals surface area contributed by atoms with Gasteiger partial charge in [0.1, 0.15) is 11.5 Å². The van der Waals surface area contributed by atoms with Crippen LogP contribution in [0.25, 0.3) is 0 Å². The van der Waals surface area contributed by atoms with E-state index in [0.717, 1.165) is 11.3 Å². The van der Waals surface area contributed by atoms with Crippen LogP contribution in [0.3, 0.4) is 0 Å². The van der Waals surface area contributed by atoms with E-state index in [1.165, 1.54) is 0 Å². The van der Waals surface area contributed by atoms with Crippen LogP contribution in [0.2, 0.25) is 0 Å². The van der Waals surface area contributed by atoms with Crippen LogP contribution >= 0.6 is 0 Å². The Morgan fingerprint density at radius 3 is 2.67 bits per heavy atom. The molecule has 0 saturated heterocycles. The van der Waals surface area contributed by atoms with E-state index in [4.69, 9.17) is 9.47 Å². The van der Waals surface area contributed by atoms with Crippen molar-refractivity contribution in [1.29, 1.82) is 0 Å². The molecule has 2 rings (SSSR count). The van der Waals surface area contributed by atoms with Gasteiger partial charge in [0.15, 0.2) is 0 Å². The molecule has 5 heteroatoms. The van der Waals surface area contributed by atoms with Crippen molar-refractivity contribution in [1.82, 2.24) is 5.43 Å². The summed E-state index contributed by atoms with van der Waals surface area (Å²) in [7, 11) is 1.56. The number of ether oxygens (including phenoxy) is 2. The van der Waals surface area contributed by atoms with Crippen LogP contribution in [0.1, 0.15) is 29.8 Å². The number of rotatable bonds is 7. The van der Waals surface area contributed by atoms with Gasteiger partial charge in [-0.05, 0) is 41.8 Å². The van der Waals surface area contributed by atoms with Gasteiger partial charge in [-0.2, -0.15) is 5.10 Å². The molecule has 0 unspecified atom stereocenters. The topological polar surface area (TPSA) is 59.9 Å². The average molecular weight is 326 g/mol. The maximum atomic E-state index is 12.0. The van der Waals surface area contributed by atoms with Crippen LogP contribution in [-0.2, 0) is 0 Å². The average Bonchev–Trinajstić information content (AvgIpc) is 2.60. The zero-order chi connectivity index (χ0) is 17.4. The highest BCUT2D eigenvalue weighted by Crippen LogP contribution is 2.14. The van der Waals surface area contributed by atoms with E-state index >= 15 is 0 Å². The van der Waals surface area contributed by atoms with Crippen LogP contribution in [0.15, 0.2) is 53.6 Å². The summed E-state index contributed by atoms with van der Waals surface area (Å²) in [6.07, 6.45) is 1.58. The van der Waals surface area contributed by atoms with Crippen LogP contribution in [0, 0.1) is 5.92 Å². The van der Waals surface area contributed by atoms with Crippen molar-refractivity contribution >= 4 is 12.1 Å². The Kier molecular flexibility index (Phi) is 6.37. The highest BCUT2D eigenvalue weighted by atomic mass is 16.5. The Bertz CT molecular complexity index is 711. The van der Waals surface area contributed by atoms with Gasteiger partial charge in [0.2, 0.25) is 0 Å². The highest BCUT2D eigenvalue weighted by Gasteiger charge is 2.05. The lowest BCUT2D eigenvalue weighted by molar-refractivity contribution is 0.0955. The Morgan fingerprint density at radius 2 is 1.92 bits per heavy atom. The molecule has 0 bridgehead atoms. The van der Waals surface area contributed by atoms with Crippen molar-refractivity contribution in [3.8, 4) is 11.5 Å². The number of methoxy groups -OCH3 is 1. The first-order valence-corrected chi connectivity index (χ1v) is 7.79. The Hall–Kier alpha value is -2.82. The highest BCUT2D eigenvalue weighted by molar-refractivity contribution is 5.95. The van der Waals surface area contributed by atoms with Gasteiger partial charge in [0.05, 0.1) is 19.9 Å². The summed E-state index contributed by atoms with van der Waals surface area (Å²) in [5.41, 5.74) is 3.84. The molecular weight excluding hydrogens is 304 g/mol. The number of hydrazone groups is 1. The molecule has 0 saturated carbocycles. The molecule has 126 valence electrons. The fourth-order valence-corrected chi connectivity index (χ4v) is 1.94. The van der Waals surface area contributed by atoms with Gasteiger partial charge in [-0.25, -0.2) is 5.43 Å². The normalized spacial score (nSPS) is 10.8. The Balaban J connectivity index is 1.95. The first-order valence-electron chi connectivity index (χ1n) is 7.79. The summed E-state index contributed by atoms with van der Waals surface area (Å²) in [5, 5.41) is 3.99. The molecule has 0 fully saturated rings. The van der Waals surface area contributed by atoms with Crippen molar-refractivity contribution in [2.45, 2.75) is 13.8 Å². The van der Waals surface area contributed by atoms with E-state index in [2.05, 4.69) is 24.4 Å². The predicted octanol–water partition coefficient (Wildman–Crippen LogP) is 3.49. The Morgan fingerprint density at radius 1 is 1.17 bits per heavy atom. The molecule has 1 amide bonds. The van der Waals surface area contributed by atoms with Gasteiger partial charge in [-0.15, -0.1) is 0 Å². The molecule has 0 aliphatic rings. The number of amides is 1. The number of hydrogen-bond donors (Lipinski definition) is 1. The van der Waals surface area contributed by atoms with Crippen molar-refractivity contribution in [3.05, 3.63) is 59.7 Å². The van der Waals surface area contributed by atoms with Crippen molar-refractivity contribution in [2.75, 3.05) is 13.7 Å². The number of benzene rings is 2. The summed E-state index contributed by atoms with van der Waals surface area (Å²) in [6.45, 7) is 4.85. The molecular formula is C19H22N2O3. The SMILES string of the molecule is COc1cccc(C(=O)N/N=C/c2cccc(OCC(C)C)c2)c1. The van der Waals surface area contributed by atoms with Crippen LogP contribution in [0.5, 0.6) is 11.5 Å². The smallest absolute Gasteiger partial charge is 0.271 e. The number of nitrogens with zero attached hydrogens (tertiary/aromatic N) is 1. The van der Waals surface area contributed by atoms with Crippen LogP contribution < -0.4 is 14.9 Å². The van der Waals surface area contributed by atoms with Crippen molar-refractivity contribution in [3.63, 3.8) is 0 Å². The number of hydrogen-bond acceptors (Lipinski definition) is 4. The maximum absolute atomic E-state index is 12.0. The first kappa shape index (κ1) is 17.5. The summed E-state index contributed by atoms with van der Waals surface area (Å²) >= 11 is 0. The number of carbonyl (C=O) groups is 1. The molecule has 0 radical (unpaired) electrons. The van der Waals surface area contributed by atoms with Gasteiger partial charge < -0.3 is 9.47 Å². The zero-order valence-corrected chi connectivity index (χ0v) is 14.2. The maximum Gasteiger partial charge on any atom is 0.271 e. The zero-order valence-electron chi connectivity index (χ0n) is 14.2. The lowest BCUT2D eigenvalue weighted by Gasteiger charge is -2.08. The molecule has 0 atom stereocenters. The van der Waals surface area contributed by atoms with Crippen LogP contribution in [0.4, 0.5) is 0 Å².